The van der Waals surface area contributed by atoms with Gasteiger partial charge in [0, 0.05) is 18.4 Å². The standard InChI is InChI=1S/C26H37NO3/c1-3-5-6-7-8-9-10-11-22-12-17-25(27-21-22)23-13-15-24(16-14-23)30-26(28)18-20-29-19-4-2/h12-17,21H,3-11,18-20H2,1-2H3. The Balaban J connectivity index is 1.73. The van der Waals surface area contributed by atoms with Gasteiger partial charge in [0.2, 0.25) is 0 Å². The summed E-state index contributed by atoms with van der Waals surface area (Å²) >= 11 is 0. The molecular formula is C26H37NO3. The molecule has 0 fully saturated rings. The highest BCUT2D eigenvalue weighted by molar-refractivity contribution is 5.72. The molecule has 4 nitrogen and oxygen atoms in total. The van der Waals surface area contributed by atoms with Crippen LogP contribution in [-0.2, 0) is 16.0 Å². The molecule has 0 aliphatic carbocycles. The summed E-state index contributed by atoms with van der Waals surface area (Å²) in [4.78, 5) is 16.4. The van der Waals surface area contributed by atoms with Crippen LogP contribution in [0.1, 0.15) is 77.2 Å². The molecule has 1 aromatic carbocycles. The van der Waals surface area contributed by atoms with E-state index in [1.807, 2.05) is 37.4 Å². The topological polar surface area (TPSA) is 48.4 Å². The van der Waals surface area contributed by atoms with Gasteiger partial charge in [0.1, 0.15) is 5.75 Å². The number of aromatic nitrogens is 1. The van der Waals surface area contributed by atoms with Gasteiger partial charge in [-0.1, -0.05) is 58.4 Å². The first-order chi connectivity index (χ1) is 14.7. The highest BCUT2D eigenvalue weighted by atomic mass is 16.5. The second kappa shape index (κ2) is 14.7. The highest BCUT2D eigenvalue weighted by Crippen LogP contribution is 2.21. The van der Waals surface area contributed by atoms with Gasteiger partial charge < -0.3 is 9.47 Å². The quantitative estimate of drug-likeness (QED) is 0.184. The van der Waals surface area contributed by atoms with Crippen LogP contribution in [0, 0.1) is 0 Å². The van der Waals surface area contributed by atoms with E-state index >= 15 is 0 Å². The number of hydrogen-bond acceptors (Lipinski definition) is 4. The Morgan fingerprint density at radius 2 is 1.57 bits per heavy atom. The largest absolute Gasteiger partial charge is 0.426 e. The molecule has 0 spiro atoms. The zero-order valence-corrected chi connectivity index (χ0v) is 18.7. The van der Waals surface area contributed by atoms with Gasteiger partial charge in [-0.2, -0.15) is 0 Å². The van der Waals surface area contributed by atoms with Gasteiger partial charge in [-0.05, 0) is 55.2 Å². The van der Waals surface area contributed by atoms with Crippen molar-refractivity contribution in [3.05, 3.63) is 48.2 Å². The highest BCUT2D eigenvalue weighted by Gasteiger charge is 2.06. The van der Waals surface area contributed by atoms with E-state index in [9.17, 15) is 4.79 Å². The maximum absolute atomic E-state index is 11.8. The summed E-state index contributed by atoms with van der Waals surface area (Å²) in [6.45, 7) is 5.37. The fourth-order valence-corrected chi connectivity index (χ4v) is 3.31. The minimum Gasteiger partial charge on any atom is -0.426 e. The summed E-state index contributed by atoms with van der Waals surface area (Å²) in [6.07, 6.45) is 13.6. The molecule has 2 rings (SSSR count). The molecule has 0 saturated carbocycles. The predicted octanol–water partition coefficient (Wildman–Crippen LogP) is 6.76. The molecule has 164 valence electrons. The normalized spacial score (nSPS) is 10.9. The number of hydrogen-bond donors (Lipinski definition) is 0. The maximum Gasteiger partial charge on any atom is 0.313 e. The molecule has 0 unspecified atom stereocenters. The molecule has 0 amide bonds. The van der Waals surface area contributed by atoms with Crippen molar-refractivity contribution in [1.82, 2.24) is 4.98 Å². The van der Waals surface area contributed by atoms with E-state index in [-0.39, 0.29) is 12.4 Å². The number of ether oxygens (including phenoxy) is 2. The van der Waals surface area contributed by atoms with Crippen molar-refractivity contribution in [2.45, 2.75) is 78.1 Å². The van der Waals surface area contributed by atoms with E-state index in [0.717, 1.165) is 24.1 Å². The average molecular weight is 412 g/mol. The van der Waals surface area contributed by atoms with Crippen molar-refractivity contribution in [2.75, 3.05) is 13.2 Å². The Labute approximate surface area is 182 Å². The third-order valence-electron chi connectivity index (χ3n) is 5.07. The van der Waals surface area contributed by atoms with Crippen LogP contribution < -0.4 is 4.74 Å². The summed E-state index contributed by atoms with van der Waals surface area (Å²) in [6, 6.07) is 11.7. The van der Waals surface area contributed by atoms with Crippen LogP contribution in [0.25, 0.3) is 11.3 Å². The van der Waals surface area contributed by atoms with Crippen LogP contribution in [-0.4, -0.2) is 24.2 Å². The molecule has 0 aliphatic heterocycles. The number of rotatable bonds is 15. The molecule has 0 radical (unpaired) electrons. The number of carbonyl (C=O) groups is 1. The van der Waals surface area contributed by atoms with Crippen molar-refractivity contribution in [3.63, 3.8) is 0 Å². The van der Waals surface area contributed by atoms with Crippen molar-refractivity contribution < 1.29 is 14.3 Å². The van der Waals surface area contributed by atoms with Gasteiger partial charge in [-0.25, -0.2) is 0 Å². The Morgan fingerprint density at radius 1 is 0.833 bits per heavy atom. The summed E-state index contributed by atoms with van der Waals surface area (Å²) in [7, 11) is 0. The third-order valence-corrected chi connectivity index (χ3v) is 5.07. The lowest BCUT2D eigenvalue weighted by molar-refractivity contribution is -0.135. The summed E-state index contributed by atoms with van der Waals surface area (Å²) in [5, 5.41) is 0. The molecule has 0 bridgehead atoms. The third kappa shape index (κ3) is 9.53. The molecule has 0 aliphatic rings. The lowest BCUT2D eigenvalue weighted by Crippen LogP contribution is -2.11. The molecule has 0 saturated heterocycles. The van der Waals surface area contributed by atoms with Crippen LogP contribution in [0.2, 0.25) is 0 Å². The summed E-state index contributed by atoms with van der Waals surface area (Å²) in [5.41, 5.74) is 3.25. The molecule has 30 heavy (non-hydrogen) atoms. The predicted molar refractivity (Wildman–Crippen MR) is 123 cm³/mol. The molecule has 0 atom stereocenters. The van der Waals surface area contributed by atoms with E-state index in [0.29, 0.717) is 19.0 Å². The molecule has 0 N–H and O–H groups in total. The second-order valence-corrected chi connectivity index (χ2v) is 7.78. The van der Waals surface area contributed by atoms with Crippen molar-refractivity contribution in [1.29, 1.82) is 0 Å². The molecule has 4 heteroatoms. The van der Waals surface area contributed by atoms with Crippen LogP contribution in [0.15, 0.2) is 42.6 Å². The minimum atomic E-state index is -0.272. The van der Waals surface area contributed by atoms with Gasteiger partial charge in [-0.15, -0.1) is 0 Å². The lowest BCUT2D eigenvalue weighted by Gasteiger charge is -2.07. The zero-order valence-electron chi connectivity index (χ0n) is 18.7. The van der Waals surface area contributed by atoms with Gasteiger partial charge in [0.15, 0.2) is 0 Å². The smallest absolute Gasteiger partial charge is 0.313 e. The fraction of sp³-hybridized carbons (Fsp3) is 0.538. The van der Waals surface area contributed by atoms with Gasteiger partial charge in [-0.3, -0.25) is 9.78 Å². The Hall–Kier alpha value is -2.20. The van der Waals surface area contributed by atoms with E-state index in [2.05, 4.69) is 24.0 Å². The zero-order chi connectivity index (χ0) is 21.4. The number of nitrogens with zero attached hydrogens (tertiary/aromatic N) is 1. The number of unbranched alkanes of at least 4 members (excludes halogenated alkanes) is 6. The Bertz CT molecular complexity index is 710. The monoisotopic (exact) mass is 411 g/mol. The Morgan fingerprint density at radius 3 is 2.23 bits per heavy atom. The minimum absolute atomic E-state index is 0.267. The lowest BCUT2D eigenvalue weighted by atomic mass is 10.0. The molecular weight excluding hydrogens is 374 g/mol. The Kier molecular flexibility index (Phi) is 11.8. The van der Waals surface area contributed by atoms with Crippen LogP contribution >= 0.6 is 0 Å². The molecule has 1 aromatic heterocycles. The van der Waals surface area contributed by atoms with Crippen molar-refractivity contribution in [3.8, 4) is 17.0 Å². The first-order valence-electron chi connectivity index (χ1n) is 11.6. The average Bonchev–Trinajstić information content (AvgIpc) is 2.77. The maximum atomic E-state index is 11.8. The van der Waals surface area contributed by atoms with Crippen molar-refractivity contribution in [2.24, 2.45) is 0 Å². The van der Waals surface area contributed by atoms with Gasteiger partial charge in [0.25, 0.3) is 0 Å². The number of aryl methyl sites for hydroxylation is 1. The van der Waals surface area contributed by atoms with E-state index in [1.54, 1.807) is 0 Å². The molecule has 1 heterocycles. The number of benzene rings is 1. The van der Waals surface area contributed by atoms with Crippen LogP contribution in [0.5, 0.6) is 5.75 Å². The number of pyridine rings is 1. The van der Waals surface area contributed by atoms with Crippen LogP contribution in [0.3, 0.4) is 0 Å². The number of carbonyl (C=O) groups excluding carboxylic acids is 1. The summed E-state index contributed by atoms with van der Waals surface area (Å²) in [5.74, 6) is 0.279. The second-order valence-electron chi connectivity index (χ2n) is 7.78. The first kappa shape index (κ1) is 24.1. The SMILES string of the molecule is CCCCCCCCCc1ccc(-c2ccc(OC(=O)CCOCCC)cc2)nc1. The number of esters is 1. The van der Waals surface area contributed by atoms with E-state index < -0.39 is 0 Å². The van der Waals surface area contributed by atoms with Crippen LogP contribution in [0.4, 0.5) is 0 Å². The van der Waals surface area contributed by atoms with Crippen molar-refractivity contribution >= 4 is 5.97 Å². The van der Waals surface area contributed by atoms with E-state index in [4.69, 9.17) is 9.47 Å². The van der Waals surface area contributed by atoms with Gasteiger partial charge in [0.05, 0.1) is 18.7 Å². The fourth-order valence-electron chi connectivity index (χ4n) is 3.31. The molecule has 2 aromatic rings. The van der Waals surface area contributed by atoms with Gasteiger partial charge >= 0.3 is 5.97 Å². The van der Waals surface area contributed by atoms with E-state index in [1.165, 1.54) is 50.5 Å². The summed E-state index contributed by atoms with van der Waals surface area (Å²) < 4.78 is 10.7. The first-order valence-corrected chi connectivity index (χ1v) is 11.6.